The van der Waals surface area contributed by atoms with Crippen LogP contribution in [-0.2, 0) is 10.0 Å². The number of nitrogens with two attached hydrogens (primary N) is 1. The van der Waals surface area contributed by atoms with Gasteiger partial charge in [0.2, 0.25) is 0 Å². The fourth-order valence-corrected chi connectivity index (χ4v) is 3.40. The van der Waals surface area contributed by atoms with Crippen molar-refractivity contribution in [1.82, 2.24) is 9.97 Å². The fourth-order valence-electron chi connectivity index (χ4n) is 1.95. The molecule has 0 saturated carbocycles. The summed E-state index contributed by atoms with van der Waals surface area (Å²) in [7, 11) is -3.70. The highest BCUT2D eigenvalue weighted by atomic mass is 32.2. The summed E-state index contributed by atoms with van der Waals surface area (Å²) in [5.41, 5.74) is 7.41. The van der Waals surface area contributed by atoms with Crippen LogP contribution in [0.3, 0.4) is 0 Å². The Bertz CT molecular complexity index is 676. The third kappa shape index (κ3) is 2.82. The fraction of sp³-hybridized carbons (Fsp3) is 0.167. The van der Waals surface area contributed by atoms with Gasteiger partial charge in [-0.15, -0.1) is 0 Å². The molecule has 0 fully saturated rings. The number of aromatic nitrogens is 2. The van der Waals surface area contributed by atoms with Crippen molar-refractivity contribution in [3.05, 3.63) is 41.9 Å². The molecule has 0 bridgehead atoms. The van der Waals surface area contributed by atoms with E-state index >= 15 is 0 Å². The maximum atomic E-state index is 12.3. The summed E-state index contributed by atoms with van der Waals surface area (Å²) in [6.07, 6.45) is 4.23. The SMILES string of the molecule is Cc1cc(N)cc(C)c1S(=O)(=O)Nc1cnccn1. The Hall–Kier alpha value is -2.15. The van der Waals surface area contributed by atoms with E-state index in [-0.39, 0.29) is 10.7 Å². The Morgan fingerprint density at radius 3 is 2.32 bits per heavy atom. The quantitative estimate of drug-likeness (QED) is 0.829. The Morgan fingerprint density at radius 2 is 1.79 bits per heavy atom. The van der Waals surface area contributed by atoms with Crippen molar-refractivity contribution in [1.29, 1.82) is 0 Å². The molecule has 100 valence electrons. The van der Waals surface area contributed by atoms with Crippen molar-refractivity contribution in [2.75, 3.05) is 10.5 Å². The zero-order chi connectivity index (χ0) is 14.0. The first-order valence-corrected chi connectivity index (χ1v) is 7.04. The third-order valence-electron chi connectivity index (χ3n) is 2.55. The van der Waals surface area contributed by atoms with Crippen LogP contribution in [0.4, 0.5) is 11.5 Å². The van der Waals surface area contributed by atoms with E-state index in [9.17, 15) is 8.42 Å². The van der Waals surface area contributed by atoms with Gasteiger partial charge in [-0.1, -0.05) is 0 Å². The van der Waals surface area contributed by atoms with Crippen molar-refractivity contribution in [2.45, 2.75) is 18.7 Å². The highest BCUT2D eigenvalue weighted by Crippen LogP contribution is 2.24. The van der Waals surface area contributed by atoms with Crippen LogP contribution in [0.5, 0.6) is 0 Å². The van der Waals surface area contributed by atoms with Gasteiger partial charge in [-0.3, -0.25) is 9.71 Å². The van der Waals surface area contributed by atoms with E-state index in [1.807, 2.05) is 0 Å². The minimum absolute atomic E-state index is 0.179. The van der Waals surface area contributed by atoms with Gasteiger partial charge in [0.05, 0.1) is 11.1 Å². The van der Waals surface area contributed by atoms with E-state index < -0.39 is 10.0 Å². The van der Waals surface area contributed by atoms with Crippen LogP contribution in [0, 0.1) is 13.8 Å². The molecule has 6 nitrogen and oxygen atoms in total. The van der Waals surface area contributed by atoms with E-state index in [4.69, 9.17) is 5.73 Å². The molecular formula is C12H14N4O2S. The molecule has 1 heterocycles. The van der Waals surface area contributed by atoms with Crippen molar-refractivity contribution < 1.29 is 8.42 Å². The molecular weight excluding hydrogens is 264 g/mol. The van der Waals surface area contributed by atoms with Crippen LogP contribution in [-0.4, -0.2) is 18.4 Å². The van der Waals surface area contributed by atoms with Gasteiger partial charge in [0.25, 0.3) is 10.0 Å². The van der Waals surface area contributed by atoms with Gasteiger partial charge in [0.1, 0.15) is 0 Å². The minimum atomic E-state index is -3.70. The van der Waals surface area contributed by atoms with Gasteiger partial charge in [0.15, 0.2) is 5.82 Å². The number of hydrogen-bond acceptors (Lipinski definition) is 5. The average molecular weight is 278 g/mol. The van der Waals surface area contributed by atoms with Crippen molar-refractivity contribution in [2.24, 2.45) is 0 Å². The standard InChI is InChI=1S/C12H14N4O2S/c1-8-5-10(13)6-9(2)12(8)19(17,18)16-11-7-14-3-4-15-11/h3-7H,13H2,1-2H3,(H,15,16). The van der Waals surface area contributed by atoms with Crippen LogP contribution >= 0.6 is 0 Å². The second kappa shape index (κ2) is 4.85. The van der Waals surface area contributed by atoms with E-state index in [0.29, 0.717) is 16.8 Å². The number of nitrogens with one attached hydrogen (secondary N) is 1. The van der Waals surface area contributed by atoms with Gasteiger partial charge in [-0.05, 0) is 37.1 Å². The second-order valence-electron chi connectivity index (χ2n) is 4.18. The maximum Gasteiger partial charge on any atom is 0.263 e. The molecule has 2 rings (SSSR count). The summed E-state index contributed by atoms with van der Waals surface area (Å²) in [6, 6.07) is 3.25. The first-order valence-electron chi connectivity index (χ1n) is 5.56. The first-order chi connectivity index (χ1) is 8.90. The van der Waals surface area contributed by atoms with Crippen LogP contribution < -0.4 is 10.5 Å². The first kappa shape index (κ1) is 13.3. The van der Waals surface area contributed by atoms with Gasteiger partial charge >= 0.3 is 0 Å². The van der Waals surface area contributed by atoms with Crippen LogP contribution in [0.25, 0.3) is 0 Å². The maximum absolute atomic E-state index is 12.3. The molecule has 3 N–H and O–H groups in total. The molecule has 0 unspecified atom stereocenters. The number of nitrogens with zero attached hydrogens (tertiary/aromatic N) is 2. The molecule has 0 atom stereocenters. The van der Waals surface area contributed by atoms with Crippen molar-refractivity contribution in [3.8, 4) is 0 Å². The Kier molecular flexibility index (Phi) is 3.39. The van der Waals surface area contributed by atoms with Crippen LogP contribution in [0.2, 0.25) is 0 Å². The van der Waals surface area contributed by atoms with Gasteiger partial charge < -0.3 is 5.73 Å². The van der Waals surface area contributed by atoms with E-state index in [1.165, 1.54) is 18.6 Å². The Morgan fingerprint density at radius 1 is 1.16 bits per heavy atom. The van der Waals surface area contributed by atoms with Gasteiger partial charge in [-0.25, -0.2) is 13.4 Å². The van der Waals surface area contributed by atoms with Crippen molar-refractivity contribution in [3.63, 3.8) is 0 Å². The molecule has 0 aliphatic heterocycles. The zero-order valence-electron chi connectivity index (χ0n) is 10.6. The molecule has 0 saturated heterocycles. The van der Waals surface area contributed by atoms with Gasteiger partial charge in [-0.2, -0.15) is 0 Å². The lowest BCUT2D eigenvalue weighted by atomic mass is 10.1. The molecule has 0 radical (unpaired) electrons. The van der Waals surface area contributed by atoms with E-state index in [1.54, 1.807) is 26.0 Å². The molecule has 0 aliphatic rings. The predicted octanol–water partition coefficient (Wildman–Crippen LogP) is 1.48. The molecule has 2 aromatic rings. The molecule has 7 heteroatoms. The summed E-state index contributed by atoms with van der Waals surface area (Å²) in [5, 5.41) is 0. The van der Waals surface area contributed by atoms with Gasteiger partial charge in [0, 0.05) is 18.1 Å². The second-order valence-corrected chi connectivity index (χ2v) is 5.80. The lowest BCUT2D eigenvalue weighted by Crippen LogP contribution is -2.16. The Balaban J connectivity index is 2.46. The molecule has 0 spiro atoms. The smallest absolute Gasteiger partial charge is 0.263 e. The average Bonchev–Trinajstić information content (AvgIpc) is 2.27. The summed E-state index contributed by atoms with van der Waals surface area (Å²) in [6.45, 7) is 3.41. The third-order valence-corrected chi connectivity index (χ3v) is 4.21. The monoisotopic (exact) mass is 278 g/mol. The number of anilines is 2. The van der Waals surface area contributed by atoms with E-state index in [0.717, 1.165) is 0 Å². The molecule has 0 aliphatic carbocycles. The number of sulfonamides is 1. The van der Waals surface area contributed by atoms with E-state index in [2.05, 4.69) is 14.7 Å². The lowest BCUT2D eigenvalue weighted by molar-refractivity contribution is 0.600. The summed E-state index contributed by atoms with van der Waals surface area (Å²) < 4.78 is 27.1. The zero-order valence-corrected chi connectivity index (χ0v) is 11.4. The Labute approximate surface area is 111 Å². The van der Waals surface area contributed by atoms with Crippen molar-refractivity contribution >= 4 is 21.5 Å². The molecule has 0 amide bonds. The molecule has 1 aromatic heterocycles. The topological polar surface area (TPSA) is 98.0 Å². The molecule has 1 aromatic carbocycles. The van der Waals surface area contributed by atoms with Crippen LogP contribution in [0.1, 0.15) is 11.1 Å². The lowest BCUT2D eigenvalue weighted by Gasteiger charge is -2.12. The molecule has 19 heavy (non-hydrogen) atoms. The highest BCUT2D eigenvalue weighted by Gasteiger charge is 2.20. The summed E-state index contributed by atoms with van der Waals surface area (Å²) >= 11 is 0. The highest BCUT2D eigenvalue weighted by molar-refractivity contribution is 7.92. The summed E-state index contributed by atoms with van der Waals surface area (Å²) in [5.74, 6) is 0.179. The van der Waals surface area contributed by atoms with Crippen LogP contribution in [0.15, 0.2) is 35.6 Å². The summed E-state index contributed by atoms with van der Waals surface area (Å²) in [4.78, 5) is 7.92. The number of nitrogen functional groups attached to an aromatic ring is 1. The minimum Gasteiger partial charge on any atom is -0.399 e. The largest absolute Gasteiger partial charge is 0.399 e. The normalized spacial score (nSPS) is 11.3. The number of rotatable bonds is 3. The number of hydrogen-bond donors (Lipinski definition) is 2. The number of aryl methyl sites for hydroxylation is 2. The predicted molar refractivity (Wildman–Crippen MR) is 73.2 cm³/mol. The number of benzene rings is 1.